The normalized spacial score (nSPS) is 19.4. The van der Waals surface area contributed by atoms with Crippen molar-refractivity contribution >= 4 is 10.8 Å². The molecule has 1 unspecified atom stereocenters. The Morgan fingerprint density at radius 1 is 1.33 bits per heavy atom. The van der Waals surface area contributed by atoms with Crippen LogP contribution in [0.5, 0.6) is 0 Å². The van der Waals surface area contributed by atoms with Gasteiger partial charge in [-0.3, -0.25) is 4.98 Å². The first kappa shape index (κ1) is 11.6. The molecule has 2 aromatic rings. The van der Waals surface area contributed by atoms with Crippen LogP contribution < -0.4 is 0 Å². The average molecular weight is 243 g/mol. The summed E-state index contributed by atoms with van der Waals surface area (Å²) in [7, 11) is 1.69. The van der Waals surface area contributed by atoms with Crippen molar-refractivity contribution in [2.24, 2.45) is 0 Å². The molecule has 94 valence electrons. The van der Waals surface area contributed by atoms with Gasteiger partial charge < -0.3 is 9.84 Å². The zero-order valence-corrected chi connectivity index (χ0v) is 10.5. The molecule has 0 aliphatic heterocycles. The van der Waals surface area contributed by atoms with E-state index in [1.165, 1.54) is 0 Å². The Labute approximate surface area is 106 Å². The molecule has 1 aliphatic carbocycles. The summed E-state index contributed by atoms with van der Waals surface area (Å²) in [6.45, 7) is 0. The predicted molar refractivity (Wildman–Crippen MR) is 70.3 cm³/mol. The van der Waals surface area contributed by atoms with Crippen molar-refractivity contribution in [3.8, 4) is 0 Å². The number of hydrogen-bond donors (Lipinski definition) is 1. The SMILES string of the molecule is COC1(C(O)c2cccc3ccncc23)CCC1. The van der Waals surface area contributed by atoms with E-state index < -0.39 is 11.7 Å². The van der Waals surface area contributed by atoms with E-state index in [-0.39, 0.29) is 0 Å². The summed E-state index contributed by atoms with van der Waals surface area (Å²) in [5.74, 6) is 0. The standard InChI is InChI=1S/C15H17NO2/c1-18-15(7-3-8-15)14(17)12-5-2-4-11-6-9-16-10-13(11)12/h2,4-6,9-10,14,17H,3,7-8H2,1H3. The minimum Gasteiger partial charge on any atom is -0.385 e. The molecule has 3 rings (SSSR count). The predicted octanol–water partition coefficient (Wildman–Crippen LogP) is 2.84. The van der Waals surface area contributed by atoms with Crippen LogP contribution >= 0.6 is 0 Å². The van der Waals surface area contributed by atoms with Gasteiger partial charge in [-0.2, -0.15) is 0 Å². The first-order valence-electron chi connectivity index (χ1n) is 6.33. The minimum absolute atomic E-state index is 0.399. The number of fused-ring (bicyclic) bond motifs is 1. The number of methoxy groups -OCH3 is 1. The number of pyridine rings is 1. The van der Waals surface area contributed by atoms with E-state index in [0.717, 1.165) is 35.6 Å². The van der Waals surface area contributed by atoms with Gasteiger partial charge in [0.05, 0.1) is 5.60 Å². The molecule has 1 N–H and O–H groups in total. The van der Waals surface area contributed by atoms with Gasteiger partial charge in [0.2, 0.25) is 0 Å². The average Bonchev–Trinajstić information content (AvgIpc) is 2.37. The maximum Gasteiger partial charge on any atom is 0.109 e. The highest BCUT2D eigenvalue weighted by molar-refractivity contribution is 5.85. The van der Waals surface area contributed by atoms with Gasteiger partial charge in [0.1, 0.15) is 6.10 Å². The van der Waals surface area contributed by atoms with Gasteiger partial charge in [-0.05, 0) is 36.3 Å². The molecule has 1 fully saturated rings. The fourth-order valence-corrected chi connectivity index (χ4v) is 2.77. The summed E-state index contributed by atoms with van der Waals surface area (Å²) in [6.07, 6.45) is 5.96. The summed E-state index contributed by atoms with van der Waals surface area (Å²) in [6, 6.07) is 7.94. The molecule has 1 heterocycles. The quantitative estimate of drug-likeness (QED) is 0.901. The number of rotatable bonds is 3. The maximum absolute atomic E-state index is 10.6. The smallest absolute Gasteiger partial charge is 0.109 e. The monoisotopic (exact) mass is 243 g/mol. The summed E-state index contributed by atoms with van der Waals surface area (Å²) in [5, 5.41) is 12.7. The van der Waals surface area contributed by atoms with Crippen LogP contribution in [0.2, 0.25) is 0 Å². The summed E-state index contributed by atoms with van der Waals surface area (Å²) >= 11 is 0. The Bertz CT molecular complexity index is 552. The highest BCUT2D eigenvalue weighted by Gasteiger charge is 2.44. The first-order valence-corrected chi connectivity index (χ1v) is 6.33. The van der Waals surface area contributed by atoms with E-state index in [4.69, 9.17) is 4.74 Å². The molecule has 1 saturated carbocycles. The van der Waals surface area contributed by atoms with Gasteiger partial charge in [-0.1, -0.05) is 18.2 Å². The van der Waals surface area contributed by atoms with Gasteiger partial charge in [-0.25, -0.2) is 0 Å². The minimum atomic E-state index is -0.579. The van der Waals surface area contributed by atoms with E-state index in [0.29, 0.717) is 0 Å². The molecule has 18 heavy (non-hydrogen) atoms. The van der Waals surface area contributed by atoms with E-state index in [9.17, 15) is 5.11 Å². The molecule has 0 radical (unpaired) electrons. The lowest BCUT2D eigenvalue weighted by atomic mass is 9.73. The lowest BCUT2D eigenvalue weighted by Gasteiger charge is -2.44. The molecule has 0 saturated heterocycles. The molecular formula is C15H17NO2. The number of aliphatic hydroxyl groups excluding tert-OH is 1. The second kappa shape index (κ2) is 4.34. The van der Waals surface area contributed by atoms with Crippen LogP contribution in [0.4, 0.5) is 0 Å². The van der Waals surface area contributed by atoms with Crippen LogP contribution in [0.3, 0.4) is 0 Å². The molecule has 1 aromatic carbocycles. The number of benzene rings is 1. The summed E-state index contributed by atoms with van der Waals surface area (Å²) < 4.78 is 5.57. The van der Waals surface area contributed by atoms with Crippen LogP contribution in [0.1, 0.15) is 30.9 Å². The van der Waals surface area contributed by atoms with Gasteiger partial charge in [0.25, 0.3) is 0 Å². The van der Waals surface area contributed by atoms with Crippen molar-refractivity contribution in [2.45, 2.75) is 31.0 Å². The molecule has 1 aliphatic rings. The highest BCUT2D eigenvalue weighted by Crippen LogP contribution is 2.45. The highest BCUT2D eigenvalue weighted by atomic mass is 16.5. The van der Waals surface area contributed by atoms with Crippen LogP contribution in [0.25, 0.3) is 10.8 Å². The van der Waals surface area contributed by atoms with Crippen molar-refractivity contribution in [1.29, 1.82) is 0 Å². The molecule has 0 bridgehead atoms. The Morgan fingerprint density at radius 3 is 2.83 bits per heavy atom. The molecule has 3 heteroatoms. The zero-order valence-electron chi connectivity index (χ0n) is 10.5. The van der Waals surface area contributed by atoms with Gasteiger partial charge in [-0.15, -0.1) is 0 Å². The number of aromatic nitrogens is 1. The molecule has 1 aromatic heterocycles. The maximum atomic E-state index is 10.6. The third-order valence-corrected chi connectivity index (χ3v) is 4.12. The van der Waals surface area contributed by atoms with E-state index in [2.05, 4.69) is 4.98 Å². The third kappa shape index (κ3) is 1.62. The second-order valence-electron chi connectivity index (χ2n) is 4.97. The Morgan fingerprint density at radius 2 is 2.17 bits per heavy atom. The van der Waals surface area contributed by atoms with Crippen molar-refractivity contribution in [3.63, 3.8) is 0 Å². The van der Waals surface area contributed by atoms with Crippen molar-refractivity contribution in [3.05, 3.63) is 42.2 Å². The van der Waals surface area contributed by atoms with Crippen molar-refractivity contribution in [1.82, 2.24) is 4.98 Å². The zero-order chi connectivity index (χ0) is 12.6. The first-order chi connectivity index (χ1) is 8.77. The number of hydrogen-bond acceptors (Lipinski definition) is 3. The van der Waals surface area contributed by atoms with Crippen LogP contribution in [-0.4, -0.2) is 22.8 Å². The molecule has 0 amide bonds. The topological polar surface area (TPSA) is 42.4 Å². The fourth-order valence-electron chi connectivity index (χ4n) is 2.77. The van der Waals surface area contributed by atoms with Crippen LogP contribution in [0, 0.1) is 0 Å². The van der Waals surface area contributed by atoms with Crippen molar-refractivity contribution in [2.75, 3.05) is 7.11 Å². The van der Waals surface area contributed by atoms with E-state index in [1.807, 2.05) is 30.5 Å². The summed E-state index contributed by atoms with van der Waals surface area (Å²) in [4.78, 5) is 4.16. The summed E-state index contributed by atoms with van der Waals surface area (Å²) in [5.41, 5.74) is 0.520. The lowest BCUT2D eigenvalue weighted by Crippen LogP contribution is -2.45. The number of nitrogens with zero attached hydrogens (tertiary/aromatic N) is 1. The van der Waals surface area contributed by atoms with Crippen LogP contribution in [-0.2, 0) is 4.74 Å². The van der Waals surface area contributed by atoms with E-state index in [1.54, 1.807) is 13.3 Å². The number of ether oxygens (including phenoxy) is 1. The van der Waals surface area contributed by atoms with Gasteiger partial charge in [0.15, 0.2) is 0 Å². The Hall–Kier alpha value is -1.45. The second-order valence-corrected chi connectivity index (χ2v) is 4.97. The molecule has 3 nitrogen and oxygen atoms in total. The van der Waals surface area contributed by atoms with Gasteiger partial charge in [0, 0.05) is 24.9 Å². The third-order valence-electron chi connectivity index (χ3n) is 4.12. The fraction of sp³-hybridized carbons (Fsp3) is 0.400. The Kier molecular flexibility index (Phi) is 2.80. The van der Waals surface area contributed by atoms with Crippen LogP contribution in [0.15, 0.2) is 36.7 Å². The largest absolute Gasteiger partial charge is 0.385 e. The van der Waals surface area contributed by atoms with Crippen molar-refractivity contribution < 1.29 is 9.84 Å². The molecule has 0 spiro atoms. The van der Waals surface area contributed by atoms with Gasteiger partial charge >= 0.3 is 0 Å². The van der Waals surface area contributed by atoms with E-state index >= 15 is 0 Å². The lowest BCUT2D eigenvalue weighted by molar-refractivity contribution is -0.151. The number of aliphatic hydroxyl groups is 1. The molecular weight excluding hydrogens is 226 g/mol. The Balaban J connectivity index is 2.09. The molecule has 1 atom stereocenters.